The minimum Gasteiger partial charge on any atom is -0.394 e. The summed E-state index contributed by atoms with van der Waals surface area (Å²) in [7, 11) is -4.75. The van der Waals surface area contributed by atoms with Gasteiger partial charge in [0.25, 0.3) is 10.1 Å². The van der Waals surface area contributed by atoms with Crippen molar-refractivity contribution in [2.45, 2.75) is 10.9 Å². The van der Waals surface area contributed by atoms with E-state index in [9.17, 15) is 23.2 Å². The topological polar surface area (TPSA) is 94.8 Å². The van der Waals surface area contributed by atoms with Gasteiger partial charge in [-0.2, -0.15) is 8.42 Å². The third-order valence-corrected chi connectivity index (χ3v) is 5.01. The molecular formula is C15H16O5S. The predicted octanol–water partition coefficient (Wildman–Crippen LogP) is 1.17. The van der Waals surface area contributed by atoms with Gasteiger partial charge in [-0.1, -0.05) is 60.7 Å². The van der Waals surface area contributed by atoms with Crippen LogP contribution in [0.4, 0.5) is 0 Å². The van der Waals surface area contributed by atoms with Crippen LogP contribution in [0.3, 0.4) is 0 Å². The molecule has 0 amide bonds. The summed E-state index contributed by atoms with van der Waals surface area (Å²) in [4.78, 5) is 0. The number of hydrogen-bond acceptors (Lipinski definition) is 4. The Bertz CT molecular complexity index is 643. The first kappa shape index (κ1) is 15.7. The van der Waals surface area contributed by atoms with Gasteiger partial charge >= 0.3 is 0 Å². The molecule has 21 heavy (non-hydrogen) atoms. The molecule has 6 heteroatoms. The van der Waals surface area contributed by atoms with Crippen molar-refractivity contribution in [2.75, 3.05) is 6.61 Å². The van der Waals surface area contributed by atoms with E-state index in [-0.39, 0.29) is 11.1 Å². The van der Waals surface area contributed by atoms with Crippen LogP contribution in [0.5, 0.6) is 0 Å². The summed E-state index contributed by atoms with van der Waals surface area (Å²) in [5.41, 5.74) is 0.362. The molecule has 0 aromatic heterocycles. The minimum absolute atomic E-state index is 0.181. The number of hydrogen-bond donors (Lipinski definition) is 3. The highest BCUT2D eigenvalue weighted by Gasteiger charge is 2.52. The summed E-state index contributed by atoms with van der Waals surface area (Å²) in [6, 6.07) is 15.7. The molecule has 2 aromatic rings. The number of rotatable bonds is 5. The van der Waals surface area contributed by atoms with Crippen molar-refractivity contribution >= 4 is 10.1 Å². The average molecular weight is 308 g/mol. The van der Waals surface area contributed by atoms with Crippen LogP contribution in [0.1, 0.15) is 11.1 Å². The van der Waals surface area contributed by atoms with Gasteiger partial charge in [-0.3, -0.25) is 4.55 Å². The second-order valence-electron chi connectivity index (χ2n) is 4.64. The van der Waals surface area contributed by atoms with Crippen LogP contribution in [0.2, 0.25) is 0 Å². The van der Waals surface area contributed by atoms with Crippen molar-refractivity contribution < 1.29 is 23.2 Å². The van der Waals surface area contributed by atoms with Gasteiger partial charge in [0, 0.05) is 0 Å². The third-order valence-electron chi connectivity index (χ3n) is 3.45. The van der Waals surface area contributed by atoms with Gasteiger partial charge < -0.3 is 10.2 Å². The lowest BCUT2D eigenvalue weighted by atomic mass is 9.85. The summed E-state index contributed by atoms with van der Waals surface area (Å²) < 4.78 is 32.0. The lowest BCUT2D eigenvalue weighted by Gasteiger charge is -2.35. The highest BCUT2D eigenvalue weighted by molar-refractivity contribution is 7.87. The molecule has 2 rings (SSSR count). The Labute approximate surface area is 123 Å². The van der Waals surface area contributed by atoms with Gasteiger partial charge in [0.1, 0.15) is 6.10 Å². The zero-order valence-electron chi connectivity index (χ0n) is 11.1. The Morgan fingerprint density at radius 1 is 0.905 bits per heavy atom. The SMILES string of the molecule is O=S(=O)(O)C(c1ccccc1)(c1ccccc1)C(O)CO. The fourth-order valence-corrected chi connectivity index (χ4v) is 3.81. The number of aliphatic hydroxyl groups is 2. The summed E-state index contributed by atoms with van der Waals surface area (Å²) in [5, 5.41) is 19.6. The molecule has 1 unspecified atom stereocenters. The molecule has 0 bridgehead atoms. The van der Waals surface area contributed by atoms with Crippen molar-refractivity contribution in [3.63, 3.8) is 0 Å². The molecule has 5 nitrogen and oxygen atoms in total. The molecule has 0 spiro atoms. The first-order chi connectivity index (χ1) is 9.94. The Morgan fingerprint density at radius 3 is 1.57 bits per heavy atom. The molecule has 0 saturated heterocycles. The molecule has 0 fully saturated rings. The largest absolute Gasteiger partial charge is 0.394 e. The Morgan fingerprint density at radius 2 is 1.29 bits per heavy atom. The molecule has 0 aliphatic carbocycles. The molecule has 1 atom stereocenters. The Kier molecular flexibility index (Phi) is 4.43. The van der Waals surface area contributed by atoms with Crippen LogP contribution in [-0.2, 0) is 14.9 Å². The zero-order chi connectivity index (χ0) is 15.5. The first-order valence-electron chi connectivity index (χ1n) is 6.31. The standard InChI is InChI=1S/C15H16O5S/c16-11-14(17)15(21(18,19)20,12-7-3-1-4-8-12)13-9-5-2-6-10-13/h1-10,14,16-17H,11H2,(H,18,19,20). The highest BCUT2D eigenvalue weighted by Crippen LogP contribution is 2.40. The van der Waals surface area contributed by atoms with Gasteiger partial charge in [-0.05, 0) is 11.1 Å². The maximum atomic E-state index is 12.1. The quantitative estimate of drug-likeness (QED) is 0.721. The van der Waals surface area contributed by atoms with Crippen LogP contribution in [0.25, 0.3) is 0 Å². The normalized spacial score (nSPS) is 13.9. The number of aliphatic hydroxyl groups excluding tert-OH is 2. The van der Waals surface area contributed by atoms with Crippen molar-refractivity contribution in [1.29, 1.82) is 0 Å². The van der Waals surface area contributed by atoms with Gasteiger partial charge in [-0.25, -0.2) is 0 Å². The monoisotopic (exact) mass is 308 g/mol. The fraction of sp³-hybridized carbons (Fsp3) is 0.200. The van der Waals surface area contributed by atoms with Crippen LogP contribution < -0.4 is 0 Å². The molecule has 0 aliphatic heterocycles. The molecular weight excluding hydrogens is 292 g/mol. The summed E-state index contributed by atoms with van der Waals surface area (Å²) in [6.07, 6.45) is -1.71. The van der Waals surface area contributed by atoms with E-state index < -0.39 is 27.6 Å². The van der Waals surface area contributed by atoms with Crippen LogP contribution in [0.15, 0.2) is 60.7 Å². The minimum atomic E-state index is -4.75. The number of benzene rings is 2. The summed E-state index contributed by atoms with van der Waals surface area (Å²) in [5.74, 6) is 0. The fourth-order valence-electron chi connectivity index (χ4n) is 2.52. The van der Waals surface area contributed by atoms with E-state index >= 15 is 0 Å². The van der Waals surface area contributed by atoms with Crippen LogP contribution in [0, 0.1) is 0 Å². The maximum Gasteiger partial charge on any atom is 0.281 e. The van der Waals surface area contributed by atoms with E-state index in [0.29, 0.717) is 0 Å². The smallest absolute Gasteiger partial charge is 0.281 e. The van der Waals surface area contributed by atoms with Crippen molar-refractivity contribution in [1.82, 2.24) is 0 Å². The molecule has 0 radical (unpaired) electrons. The summed E-state index contributed by atoms with van der Waals surface area (Å²) >= 11 is 0. The van der Waals surface area contributed by atoms with Crippen molar-refractivity contribution in [2.24, 2.45) is 0 Å². The highest BCUT2D eigenvalue weighted by atomic mass is 32.2. The van der Waals surface area contributed by atoms with E-state index in [1.54, 1.807) is 36.4 Å². The van der Waals surface area contributed by atoms with Gasteiger partial charge in [0.2, 0.25) is 0 Å². The van der Waals surface area contributed by atoms with E-state index in [0.717, 1.165) is 0 Å². The van der Waals surface area contributed by atoms with Gasteiger partial charge in [0.15, 0.2) is 4.75 Å². The third kappa shape index (κ3) is 2.58. The molecule has 0 heterocycles. The molecule has 112 valence electrons. The maximum absolute atomic E-state index is 12.1. The average Bonchev–Trinajstić information content (AvgIpc) is 2.48. The lowest BCUT2D eigenvalue weighted by Crippen LogP contribution is -2.49. The second-order valence-corrected chi connectivity index (χ2v) is 6.24. The Hall–Kier alpha value is -1.73. The molecule has 0 aliphatic rings. The van der Waals surface area contributed by atoms with Gasteiger partial charge in [-0.15, -0.1) is 0 Å². The van der Waals surface area contributed by atoms with E-state index in [2.05, 4.69) is 0 Å². The van der Waals surface area contributed by atoms with Crippen molar-refractivity contribution in [3.8, 4) is 0 Å². The molecule has 2 aromatic carbocycles. The predicted molar refractivity (Wildman–Crippen MR) is 78.3 cm³/mol. The Balaban J connectivity index is 2.86. The van der Waals surface area contributed by atoms with E-state index in [1.165, 1.54) is 24.3 Å². The first-order valence-corrected chi connectivity index (χ1v) is 7.75. The molecule has 0 saturated carbocycles. The van der Waals surface area contributed by atoms with E-state index in [4.69, 9.17) is 0 Å². The second kappa shape index (κ2) is 5.95. The molecule has 3 N–H and O–H groups in total. The van der Waals surface area contributed by atoms with Crippen molar-refractivity contribution in [3.05, 3.63) is 71.8 Å². The zero-order valence-corrected chi connectivity index (χ0v) is 11.9. The van der Waals surface area contributed by atoms with Crippen LogP contribution >= 0.6 is 0 Å². The van der Waals surface area contributed by atoms with Crippen LogP contribution in [-0.4, -0.2) is 35.9 Å². The van der Waals surface area contributed by atoms with Gasteiger partial charge in [0.05, 0.1) is 6.61 Å². The summed E-state index contributed by atoms with van der Waals surface area (Å²) in [6.45, 7) is -0.816. The lowest BCUT2D eigenvalue weighted by molar-refractivity contribution is 0.0665. The van der Waals surface area contributed by atoms with E-state index in [1.807, 2.05) is 0 Å².